The van der Waals surface area contributed by atoms with Gasteiger partial charge in [0.25, 0.3) is 0 Å². The third-order valence-corrected chi connectivity index (χ3v) is 3.29. The maximum atomic E-state index is 11.8. The summed E-state index contributed by atoms with van der Waals surface area (Å²) < 4.78 is 4.73. The molecule has 1 rings (SSSR count). The van der Waals surface area contributed by atoms with Crippen molar-refractivity contribution in [2.45, 2.75) is 32.2 Å². The number of amides is 2. The number of hydrogen-bond donors (Lipinski definition) is 2. The van der Waals surface area contributed by atoms with Crippen molar-refractivity contribution in [3.63, 3.8) is 0 Å². The minimum absolute atomic E-state index is 0.0444. The van der Waals surface area contributed by atoms with Crippen LogP contribution < -0.4 is 11.1 Å². The monoisotopic (exact) mass is 326 g/mol. The molecule has 0 saturated heterocycles. The van der Waals surface area contributed by atoms with Gasteiger partial charge in [-0.1, -0.05) is 29.8 Å². The highest BCUT2D eigenvalue weighted by Gasteiger charge is 2.20. The molecule has 6 nitrogen and oxygen atoms in total. The normalized spacial score (nSPS) is 11.5. The van der Waals surface area contributed by atoms with Gasteiger partial charge in [-0.3, -0.25) is 14.4 Å². The number of halogens is 1. The molecule has 1 atom stereocenters. The molecule has 2 amide bonds. The number of carbonyl (C=O) groups excluding carboxylic acids is 3. The van der Waals surface area contributed by atoms with E-state index in [1.165, 1.54) is 0 Å². The quantitative estimate of drug-likeness (QED) is 0.701. The van der Waals surface area contributed by atoms with Crippen LogP contribution in [0.3, 0.4) is 0 Å². The first-order valence-electron chi connectivity index (χ1n) is 6.91. The molecule has 120 valence electrons. The van der Waals surface area contributed by atoms with Crippen molar-refractivity contribution >= 4 is 29.4 Å². The second-order valence-corrected chi connectivity index (χ2v) is 5.03. The van der Waals surface area contributed by atoms with E-state index in [0.717, 1.165) is 0 Å². The van der Waals surface area contributed by atoms with Gasteiger partial charge in [0.05, 0.1) is 13.0 Å². The predicted octanol–water partition coefficient (Wildman–Crippen LogP) is 1.20. The fourth-order valence-corrected chi connectivity index (χ4v) is 2.03. The number of primary amides is 1. The van der Waals surface area contributed by atoms with E-state index in [1.807, 2.05) is 0 Å². The van der Waals surface area contributed by atoms with Crippen molar-refractivity contribution in [3.05, 3.63) is 34.9 Å². The molecule has 0 aromatic heterocycles. The topological polar surface area (TPSA) is 98.5 Å². The molecule has 3 N–H and O–H groups in total. The standard InChI is InChI=1S/C15H19ClN2O4/c1-2-22-14(20)8-7-13(19)18-12(15(17)21)9-10-5-3-4-6-11(10)16/h3-6,12H,2,7-9H2,1H3,(H2,17,21)(H,18,19)/t12-/m0/s1. The van der Waals surface area contributed by atoms with E-state index in [1.54, 1.807) is 31.2 Å². The number of nitrogens with two attached hydrogens (primary N) is 1. The zero-order valence-corrected chi connectivity index (χ0v) is 13.1. The first-order chi connectivity index (χ1) is 10.4. The van der Waals surface area contributed by atoms with Gasteiger partial charge in [-0.25, -0.2) is 0 Å². The van der Waals surface area contributed by atoms with Crippen molar-refractivity contribution < 1.29 is 19.1 Å². The molecule has 0 spiro atoms. The zero-order chi connectivity index (χ0) is 16.5. The van der Waals surface area contributed by atoms with Crippen LogP contribution in [-0.4, -0.2) is 30.4 Å². The van der Waals surface area contributed by atoms with E-state index >= 15 is 0 Å². The van der Waals surface area contributed by atoms with Gasteiger partial charge < -0.3 is 15.8 Å². The highest BCUT2D eigenvalue weighted by atomic mass is 35.5. The Hall–Kier alpha value is -2.08. The van der Waals surface area contributed by atoms with Gasteiger partial charge in [-0.2, -0.15) is 0 Å². The molecule has 0 saturated carbocycles. The lowest BCUT2D eigenvalue weighted by Gasteiger charge is -2.16. The van der Waals surface area contributed by atoms with Gasteiger partial charge in [-0.15, -0.1) is 0 Å². The molecule has 0 bridgehead atoms. The fourth-order valence-electron chi connectivity index (χ4n) is 1.82. The first kappa shape index (κ1) is 18.0. The first-order valence-corrected chi connectivity index (χ1v) is 7.29. The highest BCUT2D eigenvalue weighted by Crippen LogP contribution is 2.16. The molecule has 0 aliphatic rings. The molecule has 0 fully saturated rings. The molecule has 22 heavy (non-hydrogen) atoms. The van der Waals surface area contributed by atoms with E-state index in [4.69, 9.17) is 22.1 Å². The maximum Gasteiger partial charge on any atom is 0.306 e. The fraction of sp³-hybridized carbons (Fsp3) is 0.400. The molecule has 1 aromatic carbocycles. The van der Waals surface area contributed by atoms with Crippen molar-refractivity contribution in [1.82, 2.24) is 5.32 Å². The maximum absolute atomic E-state index is 11.8. The van der Waals surface area contributed by atoms with Crippen LogP contribution >= 0.6 is 11.6 Å². The van der Waals surface area contributed by atoms with Crippen LogP contribution in [0.25, 0.3) is 0 Å². The summed E-state index contributed by atoms with van der Waals surface area (Å²) in [6.45, 7) is 1.95. The highest BCUT2D eigenvalue weighted by molar-refractivity contribution is 6.31. The Morgan fingerprint density at radius 1 is 1.27 bits per heavy atom. The molecular formula is C15H19ClN2O4. The van der Waals surface area contributed by atoms with Crippen LogP contribution in [0.4, 0.5) is 0 Å². The summed E-state index contributed by atoms with van der Waals surface area (Å²) in [5.41, 5.74) is 6.01. The van der Waals surface area contributed by atoms with E-state index in [0.29, 0.717) is 10.6 Å². The van der Waals surface area contributed by atoms with Crippen molar-refractivity contribution in [2.24, 2.45) is 5.73 Å². The third kappa shape index (κ3) is 6.13. The van der Waals surface area contributed by atoms with Gasteiger partial charge in [0.2, 0.25) is 11.8 Å². The van der Waals surface area contributed by atoms with Gasteiger partial charge in [-0.05, 0) is 18.6 Å². The second kappa shape index (κ2) is 9.04. The van der Waals surface area contributed by atoms with Gasteiger partial charge in [0.15, 0.2) is 0 Å². The van der Waals surface area contributed by atoms with Crippen LogP contribution in [0.5, 0.6) is 0 Å². The van der Waals surface area contributed by atoms with Crippen molar-refractivity contribution in [1.29, 1.82) is 0 Å². The van der Waals surface area contributed by atoms with Crippen LogP contribution in [0.15, 0.2) is 24.3 Å². The molecule has 0 heterocycles. The van der Waals surface area contributed by atoms with Crippen molar-refractivity contribution in [2.75, 3.05) is 6.61 Å². The van der Waals surface area contributed by atoms with E-state index < -0.39 is 23.8 Å². The number of nitrogens with one attached hydrogen (secondary N) is 1. The Kier molecular flexibility index (Phi) is 7.39. The van der Waals surface area contributed by atoms with E-state index in [2.05, 4.69) is 5.32 Å². The Bertz CT molecular complexity index is 548. The SMILES string of the molecule is CCOC(=O)CCC(=O)N[C@@H](Cc1ccccc1Cl)C(N)=O. The average Bonchev–Trinajstić information content (AvgIpc) is 2.47. The van der Waals surface area contributed by atoms with Crippen LogP contribution in [-0.2, 0) is 25.5 Å². The third-order valence-electron chi connectivity index (χ3n) is 2.92. The number of rotatable bonds is 8. The predicted molar refractivity (Wildman–Crippen MR) is 82.1 cm³/mol. The summed E-state index contributed by atoms with van der Waals surface area (Å²) in [6.07, 6.45) is 0.0858. The largest absolute Gasteiger partial charge is 0.466 e. The number of hydrogen-bond acceptors (Lipinski definition) is 4. The number of carbonyl (C=O) groups is 3. The minimum atomic E-state index is -0.880. The molecule has 7 heteroatoms. The number of esters is 1. The summed E-state index contributed by atoms with van der Waals surface area (Å²) in [5.74, 6) is -1.56. The number of ether oxygens (including phenoxy) is 1. The molecule has 0 aliphatic heterocycles. The Balaban J connectivity index is 2.58. The summed E-state index contributed by atoms with van der Waals surface area (Å²) >= 11 is 6.02. The van der Waals surface area contributed by atoms with E-state index in [9.17, 15) is 14.4 Å². The lowest BCUT2D eigenvalue weighted by molar-refractivity contribution is -0.144. The Labute approximate surface area is 134 Å². The average molecular weight is 327 g/mol. The molecule has 0 radical (unpaired) electrons. The van der Waals surface area contributed by atoms with Gasteiger partial charge in [0, 0.05) is 17.9 Å². The summed E-state index contributed by atoms with van der Waals surface area (Å²) in [7, 11) is 0. The molecule has 0 aliphatic carbocycles. The summed E-state index contributed by atoms with van der Waals surface area (Å²) in [4.78, 5) is 34.4. The minimum Gasteiger partial charge on any atom is -0.466 e. The zero-order valence-electron chi connectivity index (χ0n) is 12.3. The van der Waals surface area contributed by atoms with Crippen LogP contribution in [0, 0.1) is 0 Å². The molecular weight excluding hydrogens is 308 g/mol. The lowest BCUT2D eigenvalue weighted by Crippen LogP contribution is -2.46. The Morgan fingerprint density at radius 3 is 2.55 bits per heavy atom. The summed E-state index contributed by atoms with van der Waals surface area (Å²) in [5, 5.41) is 3.00. The van der Waals surface area contributed by atoms with Gasteiger partial charge in [0.1, 0.15) is 6.04 Å². The van der Waals surface area contributed by atoms with Crippen LogP contribution in [0.1, 0.15) is 25.3 Å². The lowest BCUT2D eigenvalue weighted by atomic mass is 10.1. The molecule has 1 aromatic rings. The smallest absolute Gasteiger partial charge is 0.306 e. The van der Waals surface area contributed by atoms with E-state index in [-0.39, 0.29) is 25.9 Å². The molecule has 0 unspecified atom stereocenters. The summed E-state index contributed by atoms with van der Waals surface area (Å²) in [6, 6.07) is 6.11. The number of benzene rings is 1. The second-order valence-electron chi connectivity index (χ2n) is 4.62. The van der Waals surface area contributed by atoms with Crippen LogP contribution in [0.2, 0.25) is 5.02 Å². The van der Waals surface area contributed by atoms with Crippen molar-refractivity contribution in [3.8, 4) is 0 Å². The van der Waals surface area contributed by atoms with Gasteiger partial charge >= 0.3 is 5.97 Å². The Morgan fingerprint density at radius 2 is 1.95 bits per heavy atom.